The molecule has 2 aromatic rings. The Morgan fingerprint density at radius 3 is 2.55 bits per heavy atom. The standard InChI is InChI=1S/C18H26N2/c1-15(2)13-19-10-11-20(3)14-16-8-9-17-6-4-5-7-18(17)12-16/h4-9,12,15,19H,10-11,13-14H2,1-3H3. The Balaban J connectivity index is 1.84. The number of hydrogen-bond acceptors (Lipinski definition) is 2. The van der Waals surface area contributed by atoms with Gasteiger partial charge in [-0.3, -0.25) is 0 Å². The van der Waals surface area contributed by atoms with Crippen LogP contribution in [-0.2, 0) is 6.54 Å². The number of benzene rings is 2. The van der Waals surface area contributed by atoms with Crippen molar-refractivity contribution in [1.29, 1.82) is 0 Å². The molecule has 2 nitrogen and oxygen atoms in total. The van der Waals surface area contributed by atoms with Crippen LogP contribution < -0.4 is 5.32 Å². The number of nitrogens with one attached hydrogen (secondary N) is 1. The summed E-state index contributed by atoms with van der Waals surface area (Å²) in [5.74, 6) is 0.723. The lowest BCUT2D eigenvalue weighted by atomic mass is 10.1. The van der Waals surface area contributed by atoms with E-state index in [-0.39, 0.29) is 0 Å². The van der Waals surface area contributed by atoms with E-state index in [4.69, 9.17) is 0 Å². The third-order valence-corrected chi connectivity index (χ3v) is 3.49. The van der Waals surface area contributed by atoms with Crippen molar-refractivity contribution in [1.82, 2.24) is 10.2 Å². The fraction of sp³-hybridized carbons (Fsp3) is 0.444. The summed E-state index contributed by atoms with van der Waals surface area (Å²) < 4.78 is 0. The van der Waals surface area contributed by atoms with Gasteiger partial charge >= 0.3 is 0 Å². The van der Waals surface area contributed by atoms with Gasteiger partial charge in [0.2, 0.25) is 0 Å². The van der Waals surface area contributed by atoms with Crippen LogP contribution in [0.5, 0.6) is 0 Å². The minimum Gasteiger partial charge on any atom is -0.315 e. The van der Waals surface area contributed by atoms with Crippen LogP contribution >= 0.6 is 0 Å². The Morgan fingerprint density at radius 2 is 1.80 bits per heavy atom. The van der Waals surface area contributed by atoms with Crippen molar-refractivity contribution in [3.05, 3.63) is 48.0 Å². The van der Waals surface area contributed by atoms with Gasteiger partial charge in [0.05, 0.1) is 0 Å². The van der Waals surface area contributed by atoms with Crippen molar-refractivity contribution in [3.63, 3.8) is 0 Å². The molecule has 2 heteroatoms. The molecule has 1 N–H and O–H groups in total. The van der Waals surface area contributed by atoms with Crippen molar-refractivity contribution in [3.8, 4) is 0 Å². The zero-order valence-corrected chi connectivity index (χ0v) is 12.9. The second-order valence-electron chi connectivity index (χ2n) is 6.02. The van der Waals surface area contributed by atoms with Crippen molar-refractivity contribution >= 4 is 10.8 Å². The number of nitrogens with zero attached hydrogens (tertiary/aromatic N) is 1. The summed E-state index contributed by atoms with van der Waals surface area (Å²) in [5.41, 5.74) is 1.38. The Hall–Kier alpha value is -1.38. The molecule has 0 saturated carbocycles. The maximum absolute atomic E-state index is 3.49. The highest BCUT2D eigenvalue weighted by atomic mass is 15.1. The van der Waals surface area contributed by atoms with E-state index in [0.29, 0.717) is 0 Å². The highest BCUT2D eigenvalue weighted by molar-refractivity contribution is 5.82. The topological polar surface area (TPSA) is 15.3 Å². The van der Waals surface area contributed by atoms with Gasteiger partial charge in [-0.15, -0.1) is 0 Å². The molecule has 20 heavy (non-hydrogen) atoms. The highest BCUT2D eigenvalue weighted by Crippen LogP contribution is 2.16. The molecule has 0 aromatic heterocycles. The molecular formula is C18H26N2. The van der Waals surface area contributed by atoms with E-state index >= 15 is 0 Å². The number of fused-ring (bicyclic) bond motifs is 1. The summed E-state index contributed by atoms with van der Waals surface area (Å²) >= 11 is 0. The molecule has 0 heterocycles. The van der Waals surface area contributed by atoms with E-state index in [1.165, 1.54) is 16.3 Å². The Morgan fingerprint density at radius 1 is 1.05 bits per heavy atom. The number of likely N-dealkylation sites (N-methyl/N-ethyl adjacent to an activating group) is 1. The molecule has 0 bridgehead atoms. The first-order chi connectivity index (χ1) is 9.65. The quantitative estimate of drug-likeness (QED) is 0.774. The molecule has 0 saturated heterocycles. The normalized spacial score (nSPS) is 11.7. The van der Waals surface area contributed by atoms with Gasteiger partial charge in [-0.1, -0.05) is 50.2 Å². The van der Waals surface area contributed by atoms with Gasteiger partial charge in [0.1, 0.15) is 0 Å². The lowest BCUT2D eigenvalue weighted by molar-refractivity contribution is 0.322. The zero-order chi connectivity index (χ0) is 14.4. The zero-order valence-electron chi connectivity index (χ0n) is 12.9. The Labute approximate surface area is 122 Å². The summed E-state index contributed by atoms with van der Waals surface area (Å²) in [6.07, 6.45) is 0. The molecule has 0 atom stereocenters. The first-order valence-electron chi connectivity index (χ1n) is 7.52. The van der Waals surface area contributed by atoms with Crippen LogP contribution in [0, 0.1) is 5.92 Å². The van der Waals surface area contributed by atoms with Crippen LogP contribution in [-0.4, -0.2) is 31.6 Å². The van der Waals surface area contributed by atoms with Crippen molar-refractivity contribution < 1.29 is 0 Å². The van der Waals surface area contributed by atoms with E-state index in [1.807, 2.05) is 0 Å². The third-order valence-electron chi connectivity index (χ3n) is 3.49. The first-order valence-corrected chi connectivity index (χ1v) is 7.52. The Kier molecular flexibility index (Phi) is 5.57. The maximum Gasteiger partial charge on any atom is 0.0231 e. The number of hydrogen-bond donors (Lipinski definition) is 1. The average Bonchev–Trinajstić information content (AvgIpc) is 2.43. The molecule has 0 unspecified atom stereocenters. The summed E-state index contributed by atoms with van der Waals surface area (Å²) in [4.78, 5) is 2.37. The molecule has 0 aliphatic heterocycles. The monoisotopic (exact) mass is 270 g/mol. The van der Waals surface area contributed by atoms with E-state index in [0.717, 1.165) is 32.1 Å². The van der Waals surface area contributed by atoms with Crippen LogP contribution in [0.4, 0.5) is 0 Å². The second kappa shape index (κ2) is 7.41. The van der Waals surface area contributed by atoms with E-state index < -0.39 is 0 Å². The largest absolute Gasteiger partial charge is 0.315 e. The predicted octanol–water partition coefficient (Wildman–Crippen LogP) is 3.52. The van der Waals surface area contributed by atoms with Crippen LogP contribution in [0.25, 0.3) is 10.8 Å². The first kappa shape index (κ1) is 15.0. The van der Waals surface area contributed by atoms with E-state index in [9.17, 15) is 0 Å². The summed E-state index contributed by atoms with van der Waals surface area (Å²) in [7, 11) is 2.19. The molecule has 0 amide bonds. The van der Waals surface area contributed by atoms with Gasteiger partial charge < -0.3 is 10.2 Å². The third kappa shape index (κ3) is 4.62. The van der Waals surface area contributed by atoms with Crippen LogP contribution in [0.2, 0.25) is 0 Å². The fourth-order valence-electron chi connectivity index (χ4n) is 2.39. The minimum absolute atomic E-state index is 0.723. The van der Waals surface area contributed by atoms with E-state index in [1.54, 1.807) is 0 Å². The van der Waals surface area contributed by atoms with Crippen molar-refractivity contribution in [2.75, 3.05) is 26.7 Å². The van der Waals surface area contributed by atoms with Gasteiger partial charge in [-0.2, -0.15) is 0 Å². The van der Waals surface area contributed by atoms with Crippen LogP contribution in [0.3, 0.4) is 0 Å². The number of rotatable bonds is 7. The van der Waals surface area contributed by atoms with Gasteiger partial charge in [-0.05, 0) is 41.9 Å². The van der Waals surface area contributed by atoms with Crippen LogP contribution in [0.15, 0.2) is 42.5 Å². The maximum atomic E-state index is 3.49. The summed E-state index contributed by atoms with van der Waals surface area (Å²) in [6.45, 7) is 8.73. The van der Waals surface area contributed by atoms with Gasteiger partial charge in [-0.25, -0.2) is 0 Å². The van der Waals surface area contributed by atoms with Gasteiger partial charge in [0.15, 0.2) is 0 Å². The highest BCUT2D eigenvalue weighted by Gasteiger charge is 2.02. The Bertz CT molecular complexity index is 534. The lowest BCUT2D eigenvalue weighted by Crippen LogP contribution is -2.30. The molecule has 108 valence electrons. The SMILES string of the molecule is CC(C)CNCCN(C)Cc1ccc2ccccc2c1. The van der Waals surface area contributed by atoms with Crippen molar-refractivity contribution in [2.24, 2.45) is 5.92 Å². The average molecular weight is 270 g/mol. The molecule has 0 fully saturated rings. The van der Waals surface area contributed by atoms with Crippen molar-refractivity contribution in [2.45, 2.75) is 20.4 Å². The molecule has 0 spiro atoms. The molecule has 0 aliphatic rings. The second-order valence-corrected chi connectivity index (χ2v) is 6.02. The predicted molar refractivity (Wildman–Crippen MR) is 88.0 cm³/mol. The van der Waals surface area contributed by atoms with Gasteiger partial charge in [0, 0.05) is 19.6 Å². The summed E-state index contributed by atoms with van der Waals surface area (Å²) in [6, 6.07) is 15.3. The molecule has 0 radical (unpaired) electrons. The fourth-order valence-corrected chi connectivity index (χ4v) is 2.39. The molecule has 0 aliphatic carbocycles. The lowest BCUT2D eigenvalue weighted by Gasteiger charge is -2.18. The van der Waals surface area contributed by atoms with Gasteiger partial charge in [0.25, 0.3) is 0 Å². The van der Waals surface area contributed by atoms with E-state index in [2.05, 4.69) is 73.6 Å². The molecular weight excluding hydrogens is 244 g/mol. The minimum atomic E-state index is 0.723. The molecule has 2 aromatic carbocycles. The molecule has 2 rings (SSSR count). The summed E-state index contributed by atoms with van der Waals surface area (Å²) in [5, 5.41) is 6.14. The smallest absolute Gasteiger partial charge is 0.0231 e. The van der Waals surface area contributed by atoms with Crippen LogP contribution in [0.1, 0.15) is 19.4 Å².